The van der Waals surface area contributed by atoms with E-state index >= 15 is 0 Å². The fraction of sp³-hybridized carbons (Fsp3) is 0.583. The number of H-pyrrole nitrogens is 1. The number of aliphatic hydroxyl groups excluding tert-OH is 1. The number of imidazole rings is 1. The Hall–Kier alpha value is -2.09. The minimum Gasteiger partial charge on any atom is -0.480 e. The van der Waals surface area contributed by atoms with Crippen LogP contribution in [0.4, 0.5) is 4.79 Å². The number of aromatic amines is 1. The van der Waals surface area contributed by atoms with E-state index in [2.05, 4.69) is 15.3 Å². The summed E-state index contributed by atoms with van der Waals surface area (Å²) in [5.41, 5.74) is 0.621. The molecular formula is C12H20N4O4. The minimum absolute atomic E-state index is 0.117. The molecule has 0 fully saturated rings. The van der Waals surface area contributed by atoms with Gasteiger partial charge in [-0.1, -0.05) is 0 Å². The summed E-state index contributed by atoms with van der Waals surface area (Å²) in [6.07, 6.45) is 3.07. The number of hydrogen-bond acceptors (Lipinski definition) is 4. The highest BCUT2D eigenvalue weighted by atomic mass is 16.4. The van der Waals surface area contributed by atoms with Crippen molar-refractivity contribution in [1.29, 1.82) is 0 Å². The van der Waals surface area contributed by atoms with Crippen LogP contribution in [0.3, 0.4) is 0 Å². The van der Waals surface area contributed by atoms with E-state index in [4.69, 9.17) is 10.2 Å². The van der Waals surface area contributed by atoms with E-state index in [1.807, 2.05) is 0 Å². The van der Waals surface area contributed by atoms with Gasteiger partial charge in [-0.05, 0) is 13.8 Å². The lowest BCUT2D eigenvalue weighted by Gasteiger charge is -2.27. The van der Waals surface area contributed by atoms with Gasteiger partial charge in [0.2, 0.25) is 0 Å². The molecule has 1 heterocycles. The van der Waals surface area contributed by atoms with Crippen LogP contribution in [0.25, 0.3) is 0 Å². The summed E-state index contributed by atoms with van der Waals surface area (Å²) < 4.78 is 0. The summed E-state index contributed by atoms with van der Waals surface area (Å²) in [4.78, 5) is 31.2. The lowest BCUT2D eigenvalue weighted by molar-refractivity contribution is -0.139. The highest BCUT2D eigenvalue weighted by Gasteiger charge is 2.24. The molecule has 1 aromatic heterocycles. The Labute approximate surface area is 116 Å². The number of carboxylic acid groups (broad SMARTS) is 1. The Morgan fingerprint density at radius 2 is 2.20 bits per heavy atom. The molecule has 2 amide bonds. The average molecular weight is 284 g/mol. The number of nitrogens with one attached hydrogen (secondary N) is 2. The van der Waals surface area contributed by atoms with Crippen LogP contribution in [0.2, 0.25) is 0 Å². The molecule has 0 radical (unpaired) electrons. The Balaban J connectivity index is 2.69. The smallest absolute Gasteiger partial charge is 0.326 e. The molecule has 8 heteroatoms. The lowest BCUT2D eigenvalue weighted by atomic mass is 10.1. The largest absolute Gasteiger partial charge is 0.480 e. The maximum absolute atomic E-state index is 12.0. The van der Waals surface area contributed by atoms with Crippen molar-refractivity contribution in [2.24, 2.45) is 0 Å². The summed E-state index contributed by atoms with van der Waals surface area (Å²) in [5, 5.41) is 20.5. The first-order chi connectivity index (χ1) is 9.45. The minimum atomic E-state index is -1.12. The highest BCUT2D eigenvalue weighted by Crippen LogP contribution is 2.03. The van der Waals surface area contributed by atoms with Crippen LogP contribution in [-0.2, 0) is 11.2 Å². The molecular weight excluding hydrogens is 264 g/mol. The van der Waals surface area contributed by atoms with E-state index in [1.54, 1.807) is 13.8 Å². The maximum atomic E-state index is 12.0. The number of nitrogens with zero attached hydrogens (tertiary/aromatic N) is 2. The van der Waals surface area contributed by atoms with Gasteiger partial charge in [-0.25, -0.2) is 14.6 Å². The normalized spacial score (nSPS) is 12.2. The number of rotatable bonds is 7. The Kier molecular flexibility index (Phi) is 5.98. The third kappa shape index (κ3) is 4.54. The Bertz CT molecular complexity index is 433. The van der Waals surface area contributed by atoms with Crippen LogP contribution in [-0.4, -0.2) is 62.3 Å². The third-order valence-corrected chi connectivity index (χ3v) is 2.80. The first-order valence-corrected chi connectivity index (χ1v) is 6.33. The molecule has 0 aliphatic rings. The van der Waals surface area contributed by atoms with E-state index in [0.29, 0.717) is 5.69 Å². The van der Waals surface area contributed by atoms with Gasteiger partial charge in [-0.15, -0.1) is 0 Å². The molecule has 0 aromatic carbocycles. The van der Waals surface area contributed by atoms with Gasteiger partial charge >= 0.3 is 12.0 Å². The van der Waals surface area contributed by atoms with Gasteiger partial charge in [-0.3, -0.25) is 0 Å². The number of carboxylic acids is 1. The van der Waals surface area contributed by atoms with Gasteiger partial charge in [-0.2, -0.15) is 0 Å². The number of carbonyl (C=O) groups is 2. The zero-order valence-electron chi connectivity index (χ0n) is 11.5. The molecule has 8 nitrogen and oxygen atoms in total. The van der Waals surface area contributed by atoms with Crippen LogP contribution in [0, 0.1) is 0 Å². The number of aromatic nitrogens is 2. The second kappa shape index (κ2) is 7.49. The Morgan fingerprint density at radius 1 is 1.50 bits per heavy atom. The number of aliphatic hydroxyl groups is 1. The highest BCUT2D eigenvalue weighted by molar-refractivity contribution is 5.82. The number of aliphatic carboxylic acids is 1. The van der Waals surface area contributed by atoms with Crippen LogP contribution in [0.1, 0.15) is 19.5 Å². The second-order valence-electron chi connectivity index (χ2n) is 4.63. The standard InChI is InChI=1S/C12H20N4O4/c1-8(2)16(3-4-17)12(20)15-10(11(18)19)5-9-6-13-7-14-9/h6-8,10,17H,3-5H2,1-2H3,(H,13,14)(H,15,20)(H,18,19). The monoisotopic (exact) mass is 284 g/mol. The fourth-order valence-corrected chi connectivity index (χ4v) is 1.75. The maximum Gasteiger partial charge on any atom is 0.326 e. The first kappa shape index (κ1) is 16.0. The van der Waals surface area contributed by atoms with Crippen molar-refractivity contribution in [3.8, 4) is 0 Å². The van der Waals surface area contributed by atoms with Gasteiger partial charge in [0.15, 0.2) is 0 Å². The molecule has 1 rings (SSSR count). The summed E-state index contributed by atoms with van der Waals surface area (Å²) in [6, 6.07) is -1.70. The summed E-state index contributed by atoms with van der Waals surface area (Å²) in [6.45, 7) is 3.56. The predicted octanol–water partition coefficient (Wildman–Crippen LogP) is -0.182. The Morgan fingerprint density at radius 3 is 2.65 bits per heavy atom. The van der Waals surface area contributed by atoms with Crippen molar-refractivity contribution >= 4 is 12.0 Å². The first-order valence-electron chi connectivity index (χ1n) is 6.33. The van der Waals surface area contributed by atoms with Crippen molar-refractivity contribution in [1.82, 2.24) is 20.2 Å². The van der Waals surface area contributed by atoms with E-state index < -0.39 is 18.0 Å². The number of urea groups is 1. The average Bonchev–Trinajstić information content (AvgIpc) is 2.87. The van der Waals surface area contributed by atoms with Crippen LogP contribution >= 0.6 is 0 Å². The molecule has 1 aromatic rings. The molecule has 0 saturated carbocycles. The third-order valence-electron chi connectivity index (χ3n) is 2.80. The molecule has 1 unspecified atom stereocenters. The van der Waals surface area contributed by atoms with E-state index in [0.717, 1.165) is 0 Å². The predicted molar refractivity (Wildman–Crippen MR) is 71.2 cm³/mol. The van der Waals surface area contributed by atoms with Gasteiger partial charge in [0, 0.05) is 30.9 Å². The van der Waals surface area contributed by atoms with Crippen molar-refractivity contribution in [3.63, 3.8) is 0 Å². The molecule has 0 aliphatic heterocycles. The van der Waals surface area contributed by atoms with Crippen LogP contribution < -0.4 is 5.32 Å². The molecule has 0 spiro atoms. The number of hydrogen-bond donors (Lipinski definition) is 4. The zero-order valence-corrected chi connectivity index (χ0v) is 11.5. The molecule has 0 saturated heterocycles. The van der Waals surface area contributed by atoms with Crippen molar-refractivity contribution in [2.75, 3.05) is 13.2 Å². The van der Waals surface area contributed by atoms with E-state index in [-0.39, 0.29) is 25.6 Å². The quantitative estimate of drug-likeness (QED) is 0.554. The molecule has 20 heavy (non-hydrogen) atoms. The molecule has 112 valence electrons. The van der Waals surface area contributed by atoms with Crippen LogP contribution in [0.15, 0.2) is 12.5 Å². The van der Waals surface area contributed by atoms with Gasteiger partial charge < -0.3 is 25.4 Å². The molecule has 4 N–H and O–H groups in total. The SMILES string of the molecule is CC(C)N(CCO)C(=O)NC(Cc1cnc[nH]1)C(=O)O. The number of amides is 2. The van der Waals surface area contributed by atoms with Gasteiger partial charge in [0.25, 0.3) is 0 Å². The number of carbonyl (C=O) groups excluding carboxylic acids is 1. The summed E-state index contributed by atoms with van der Waals surface area (Å²) >= 11 is 0. The molecule has 0 aliphatic carbocycles. The second-order valence-corrected chi connectivity index (χ2v) is 4.63. The molecule has 1 atom stereocenters. The van der Waals surface area contributed by atoms with E-state index in [9.17, 15) is 9.59 Å². The van der Waals surface area contributed by atoms with Gasteiger partial charge in [0.1, 0.15) is 6.04 Å². The van der Waals surface area contributed by atoms with Crippen LogP contribution in [0.5, 0.6) is 0 Å². The summed E-state index contributed by atoms with van der Waals surface area (Å²) in [5.74, 6) is -1.12. The topological polar surface area (TPSA) is 119 Å². The van der Waals surface area contributed by atoms with Crippen molar-refractivity contribution in [3.05, 3.63) is 18.2 Å². The van der Waals surface area contributed by atoms with Crippen molar-refractivity contribution in [2.45, 2.75) is 32.4 Å². The van der Waals surface area contributed by atoms with Gasteiger partial charge in [0.05, 0.1) is 12.9 Å². The summed E-state index contributed by atoms with van der Waals surface area (Å²) in [7, 11) is 0. The fourth-order valence-electron chi connectivity index (χ4n) is 1.75. The lowest BCUT2D eigenvalue weighted by Crippen LogP contribution is -2.51. The van der Waals surface area contributed by atoms with E-state index in [1.165, 1.54) is 17.4 Å². The molecule has 0 bridgehead atoms. The zero-order chi connectivity index (χ0) is 15.1. The van der Waals surface area contributed by atoms with Crippen molar-refractivity contribution < 1.29 is 19.8 Å².